The van der Waals surface area contributed by atoms with Crippen LogP contribution in [0, 0.1) is 0 Å². The van der Waals surface area contributed by atoms with Gasteiger partial charge in [-0.15, -0.1) is 12.4 Å². The summed E-state index contributed by atoms with van der Waals surface area (Å²) in [7, 11) is 0. The van der Waals surface area contributed by atoms with Crippen LogP contribution in [-0.2, 0) is 11.2 Å². The van der Waals surface area contributed by atoms with Gasteiger partial charge in [0, 0.05) is 6.42 Å². The van der Waals surface area contributed by atoms with Crippen LogP contribution in [0.2, 0.25) is 0 Å². The van der Waals surface area contributed by atoms with Crippen molar-refractivity contribution in [2.45, 2.75) is 25.3 Å². The fourth-order valence-corrected chi connectivity index (χ4v) is 2.53. The first-order valence-electron chi connectivity index (χ1n) is 7.34. The Morgan fingerprint density at radius 2 is 1.68 bits per heavy atom. The SMILES string of the molecule is Cl.O=C1CC[C@@H](COc2ccc(Cc3ccccc3)cc2)N1. The average molecular weight is 318 g/mol. The van der Waals surface area contributed by atoms with Crippen molar-refractivity contribution in [1.29, 1.82) is 0 Å². The smallest absolute Gasteiger partial charge is 0.220 e. The lowest BCUT2D eigenvalue weighted by molar-refractivity contribution is -0.119. The molecule has 1 fully saturated rings. The van der Waals surface area contributed by atoms with Gasteiger partial charge in [0.2, 0.25) is 5.91 Å². The van der Waals surface area contributed by atoms with Crippen LogP contribution >= 0.6 is 12.4 Å². The van der Waals surface area contributed by atoms with E-state index in [2.05, 4.69) is 41.7 Å². The topological polar surface area (TPSA) is 38.3 Å². The minimum atomic E-state index is 0. The summed E-state index contributed by atoms with van der Waals surface area (Å²) in [6.07, 6.45) is 2.41. The summed E-state index contributed by atoms with van der Waals surface area (Å²) in [5.41, 5.74) is 2.57. The molecule has 2 aromatic rings. The minimum Gasteiger partial charge on any atom is -0.491 e. The molecule has 0 aliphatic carbocycles. The second-order valence-corrected chi connectivity index (χ2v) is 5.42. The maximum Gasteiger partial charge on any atom is 0.220 e. The fraction of sp³-hybridized carbons (Fsp3) is 0.278. The van der Waals surface area contributed by atoms with Crippen LogP contribution in [0.5, 0.6) is 5.75 Å². The molecule has 1 saturated heterocycles. The molecule has 1 aliphatic rings. The van der Waals surface area contributed by atoms with Crippen LogP contribution < -0.4 is 10.1 Å². The largest absolute Gasteiger partial charge is 0.491 e. The van der Waals surface area contributed by atoms with Crippen LogP contribution in [0.4, 0.5) is 0 Å². The zero-order valence-electron chi connectivity index (χ0n) is 12.3. The van der Waals surface area contributed by atoms with E-state index in [1.807, 2.05) is 18.2 Å². The molecule has 3 nitrogen and oxygen atoms in total. The summed E-state index contributed by atoms with van der Waals surface area (Å²) >= 11 is 0. The number of hydrogen-bond donors (Lipinski definition) is 1. The van der Waals surface area contributed by atoms with Crippen LogP contribution in [0.15, 0.2) is 54.6 Å². The van der Waals surface area contributed by atoms with Gasteiger partial charge >= 0.3 is 0 Å². The number of carbonyl (C=O) groups is 1. The van der Waals surface area contributed by atoms with E-state index < -0.39 is 0 Å². The standard InChI is InChI=1S/C18H19NO2.ClH/c20-18-11-8-16(19-18)13-21-17-9-6-15(7-10-17)12-14-4-2-1-3-5-14;/h1-7,9-10,16H,8,11-13H2,(H,19,20);1H/t16-;/m0./s1. The second-order valence-electron chi connectivity index (χ2n) is 5.42. The summed E-state index contributed by atoms with van der Waals surface area (Å²) in [6, 6.07) is 18.7. The molecular weight excluding hydrogens is 298 g/mol. The van der Waals surface area contributed by atoms with E-state index in [0.29, 0.717) is 13.0 Å². The Hall–Kier alpha value is -2.00. The van der Waals surface area contributed by atoms with Gasteiger partial charge in [-0.05, 0) is 36.1 Å². The van der Waals surface area contributed by atoms with E-state index in [9.17, 15) is 4.79 Å². The Labute approximate surface area is 137 Å². The highest BCUT2D eigenvalue weighted by Gasteiger charge is 2.20. The highest BCUT2D eigenvalue weighted by Crippen LogP contribution is 2.16. The van der Waals surface area contributed by atoms with E-state index >= 15 is 0 Å². The highest BCUT2D eigenvalue weighted by atomic mass is 35.5. The Kier molecular flexibility index (Phi) is 5.84. The fourth-order valence-electron chi connectivity index (χ4n) is 2.53. The zero-order chi connectivity index (χ0) is 14.5. The summed E-state index contributed by atoms with van der Waals surface area (Å²) < 4.78 is 5.73. The molecule has 116 valence electrons. The van der Waals surface area contributed by atoms with Gasteiger partial charge in [-0.1, -0.05) is 42.5 Å². The molecule has 0 aromatic heterocycles. The van der Waals surface area contributed by atoms with Gasteiger partial charge in [0.05, 0.1) is 6.04 Å². The van der Waals surface area contributed by atoms with Crippen molar-refractivity contribution in [3.8, 4) is 5.75 Å². The lowest BCUT2D eigenvalue weighted by atomic mass is 10.1. The Morgan fingerprint density at radius 1 is 1.00 bits per heavy atom. The van der Waals surface area contributed by atoms with Crippen LogP contribution in [0.3, 0.4) is 0 Å². The number of benzene rings is 2. The lowest BCUT2D eigenvalue weighted by Gasteiger charge is -2.12. The van der Waals surface area contributed by atoms with Crippen molar-refractivity contribution >= 4 is 18.3 Å². The highest BCUT2D eigenvalue weighted by molar-refractivity contribution is 5.85. The van der Waals surface area contributed by atoms with Crippen molar-refractivity contribution in [2.75, 3.05) is 6.61 Å². The second kappa shape index (κ2) is 7.85. The maximum atomic E-state index is 11.1. The van der Waals surface area contributed by atoms with Crippen LogP contribution in [-0.4, -0.2) is 18.6 Å². The summed E-state index contributed by atoms with van der Waals surface area (Å²) in [6.45, 7) is 0.545. The molecule has 3 rings (SSSR count). The van der Waals surface area contributed by atoms with Crippen molar-refractivity contribution < 1.29 is 9.53 Å². The molecule has 1 amide bonds. The van der Waals surface area contributed by atoms with Crippen molar-refractivity contribution in [2.24, 2.45) is 0 Å². The molecule has 4 heteroatoms. The number of amides is 1. The van der Waals surface area contributed by atoms with Gasteiger partial charge in [-0.25, -0.2) is 0 Å². The Morgan fingerprint density at radius 3 is 2.32 bits per heavy atom. The van der Waals surface area contributed by atoms with E-state index in [4.69, 9.17) is 4.74 Å². The summed E-state index contributed by atoms with van der Waals surface area (Å²) in [4.78, 5) is 11.1. The monoisotopic (exact) mass is 317 g/mol. The van der Waals surface area contributed by atoms with Gasteiger partial charge in [0.1, 0.15) is 12.4 Å². The molecule has 2 aromatic carbocycles. The molecular formula is C18H20ClNO2. The molecule has 1 heterocycles. The Bertz CT molecular complexity index is 598. The van der Waals surface area contributed by atoms with Crippen molar-refractivity contribution in [1.82, 2.24) is 5.32 Å². The predicted octanol–water partition coefficient (Wildman–Crippen LogP) is 3.36. The summed E-state index contributed by atoms with van der Waals surface area (Å²) in [5, 5.41) is 2.90. The van der Waals surface area contributed by atoms with Crippen molar-refractivity contribution in [3.05, 3.63) is 65.7 Å². The number of rotatable bonds is 5. The van der Waals surface area contributed by atoms with Gasteiger partial charge in [-0.3, -0.25) is 4.79 Å². The van der Waals surface area contributed by atoms with Crippen LogP contribution in [0.25, 0.3) is 0 Å². The molecule has 0 unspecified atom stereocenters. The van der Waals surface area contributed by atoms with E-state index in [0.717, 1.165) is 18.6 Å². The number of hydrogen-bond acceptors (Lipinski definition) is 2. The molecule has 1 atom stereocenters. The van der Waals surface area contributed by atoms with Gasteiger partial charge < -0.3 is 10.1 Å². The molecule has 0 saturated carbocycles. The normalized spacial score (nSPS) is 16.7. The van der Waals surface area contributed by atoms with Gasteiger partial charge in [0.25, 0.3) is 0 Å². The third-order valence-corrected chi connectivity index (χ3v) is 3.71. The van der Waals surface area contributed by atoms with E-state index in [1.54, 1.807) is 0 Å². The molecule has 1 N–H and O–H groups in total. The number of halogens is 1. The zero-order valence-corrected chi connectivity index (χ0v) is 13.1. The quantitative estimate of drug-likeness (QED) is 0.918. The maximum absolute atomic E-state index is 11.1. The molecule has 0 bridgehead atoms. The van der Waals surface area contributed by atoms with E-state index in [1.165, 1.54) is 11.1 Å². The van der Waals surface area contributed by atoms with Crippen LogP contribution in [0.1, 0.15) is 24.0 Å². The molecule has 0 spiro atoms. The van der Waals surface area contributed by atoms with Gasteiger partial charge in [0.15, 0.2) is 0 Å². The molecule has 0 radical (unpaired) electrons. The average Bonchev–Trinajstić information content (AvgIpc) is 2.93. The van der Waals surface area contributed by atoms with Gasteiger partial charge in [-0.2, -0.15) is 0 Å². The molecule has 22 heavy (non-hydrogen) atoms. The predicted molar refractivity (Wildman–Crippen MR) is 89.6 cm³/mol. The number of ether oxygens (including phenoxy) is 1. The first kappa shape index (κ1) is 16.4. The minimum absolute atomic E-state index is 0. The Balaban J connectivity index is 0.00000176. The van der Waals surface area contributed by atoms with E-state index in [-0.39, 0.29) is 24.4 Å². The number of carbonyl (C=O) groups excluding carboxylic acids is 1. The number of nitrogens with one attached hydrogen (secondary N) is 1. The lowest BCUT2D eigenvalue weighted by Crippen LogP contribution is -2.30. The third kappa shape index (κ3) is 4.50. The molecule has 1 aliphatic heterocycles. The first-order valence-corrected chi connectivity index (χ1v) is 7.34. The third-order valence-electron chi connectivity index (χ3n) is 3.71. The summed E-state index contributed by atoms with van der Waals surface area (Å²) in [5.74, 6) is 0.981. The first-order chi connectivity index (χ1) is 10.3. The van der Waals surface area contributed by atoms with Crippen molar-refractivity contribution in [3.63, 3.8) is 0 Å².